The van der Waals surface area contributed by atoms with Gasteiger partial charge in [-0.1, -0.05) is 6.92 Å². The van der Waals surface area contributed by atoms with Crippen LogP contribution in [0.3, 0.4) is 0 Å². The lowest BCUT2D eigenvalue weighted by Gasteiger charge is -2.35. The molecule has 0 radical (unpaired) electrons. The first-order valence-electron chi connectivity index (χ1n) is 6.88. The number of nitrogens with one attached hydrogen (secondary N) is 1. The van der Waals surface area contributed by atoms with Crippen molar-refractivity contribution in [2.45, 2.75) is 32.7 Å². The minimum absolute atomic E-state index is 0. The molecule has 0 aliphatic carbocycles. The number of nitrogens with zero attached hydrogens (tertiary/aromatic N) is 2. The second-order valence-corrected chi connectivity index (χ2v) is 5.68. The van der Waals surface area contributed by atoms with Crippen molar-refractivity contribution in [3.8, 4) is 0 Å². The van der Waals surface area contributed by atoms with E-state index in [1.54, 1.807) is 0 Å². The van der Waals surface area contributed by atoms with Gasteiger partial charge in [-0.2, -0.15) is 0 Å². The summed E-state index contributed by atoms with van der Waals surface area (Å²) in [4.78, 5) is 16.5. The molecule has 0 aromatic carbocycles. The van der Waals surface area contributed by atoms with Gasteiger partial charge in [-0.3, -0.25) is 9.69 Å². The summed E-state index contributed by atoms with van der Waals surface area (Å²) in [6.45, 7) is 9.95. The van der Waals surface area contributed by atoms with E-state index in [4.69, 9.17) is 0 Å². The van der Waals surface area contributed by atoms with Gasteiger partial charge in [-0.15, -0.1) is 12.4 Å². The zero-order chi connectivity index (χ0) is 12.3. The van der Waals surface area contributed by atoms with E-state index in [0.717, 1.165) is 32.7 Å². The number of carbonyl (C=O) groups is 1. The fourth-order valence-corrected chi connectivity index (χ4v) is 2.86. The molecule has 0 bridgehead atoms. The summed E-state index contributed by atoms with van der Waals surface area (Å²) in [7, 11) is 0. The van der Waals surface area contributed by atoms with Gasteiger partial charge in [0.05, 0.1) is 6.54 Å². The first kappa shape index (κ1) is 15.7. The molecule has 2 aliphatic heterocycles. The maximum Gasteiger partial charge on any atom is 0.236 e. The van der Waals surface area contributed by atoms with Crippen LogP contribution in [0.1, 0.15) is 26.7 Å². The van der Waals surface area contributed by atoms with E-state index in [9.17, 15) is 4.79 Å². The van der Waals surface area contributed by atoms with E-state index in [-0.39, 0.29) is 12.4 Å². The minimum atomic E-state index is 0. The molecule has 0 spiro atoms. The van der Waals surface area contributed by atoms with Gasteiger partial charge < -0.3 is 10.2 Å². The van der Waals surface area contributed by atoms with Gasteiger partial charge in [0.2, 0.25) is 5.91 Å². The molecule has 5 heteroatoms. The molecule has 2 fully saturated rings. The van der Waals surface area contributed by atoms with Crippen molar-refractivity contribution in [3.63, 3.8) is 0 Å². The molecule has 18 heavy (non-hydrogen) atoms. The second-order valence-electron chi connectivity index (χ2n) is 5.68. The summed E-state index contributed by atoms with van der Waals surface area (Å²) >= 11 is 0. The fourth-order valence-electron chi connectivity index (χ4n) is 2.86. The molecule has 2 rings (SSSR count). The molecule has 0 saturated carbocycles. The molecule has 106 valence electrons. The molecular weight excluding hydrogens is 250 g/mol. The van der Waals surface area contributed by atoms with Crippen molar-refractivity contribution >= 4 is 18.3 Å². The number of hydrogen-bond donors (Lipinski definition) is 1. The molecule has 1 N–H and O–H groups in total. The monoisotopic (exact) mass is 275 g/mol. The van der Waals surface area contributed by atoms with Crippen LogP contribution in [0.4, 0.5) is 0 Å². The van der Waals surface area contributed by atoms with Crippen molar-refractivity contribution in [1.82, 2.24) is 15.1 Å². The Morgan fingerprint density at radius 1 is 1.28 bits per heavy atom. The zero-order valence-corrected chi connectivity index (χ0v) is 12.3. The van der Waals surface area contributed by atoms with Crippen LogP contribution in [0.5, 0.6) is 0 Å². The Labute approximate surface area is 116 Å². The normalized spacial score (nSPS) is 29.8. The molecule has 2 saturated heterocycles. The number of piperazine rings is 1. The number of hydrogen-bond acceptors (Lipinski definition) is 3. The van der Waals surface area contributed by atoms with Crippen LogP contribution in [-0.4, -0.2) is 61.0 Å². The Kier molecular flexibility index (Phi) is 6.39. The lowest BCUT2D eigenvalue weighted by atomic mass is 10.0. The Hall–Kier alpha value is -0.320. The molecule has 2 atom stereocenters. The maximum atomic E-state index is 12.2. The summed E-state index contributed by atoms with van der Waals surface area (Å²) < 4.78 is 0. The SMILES string of the molecule is CC1CCCN(C(=O)CN2CCNC(C)C2)C1.Cl. The van der Waals surface area contributed by atoms with Crippen molar-refractivity contribution in [2.24, 2.45) is 5.92 Å². The number of halogens is 1. The molecule has 1 amide bonds. The molecule has 2 aliphatic rings. The highest BCUT2D eigenvalue weighted by Gasteiger charge is 2.24. The standard InChI is InChI=1S/C13H25N3O.ClH/c1-11-4-3-6-16(8-11)13(17)10-15-7-5-14-12(2)9-15;/h11-12,14H,3-10H2,1-2H3;1H. The Balaban J connectivity index is 0.00000162. The topological polar surface area (TPSA) is 35.6 Å². The van der Waals surface area contributed by atoms with E-state index in [1.807, 2.05) is 0 Å². The van der Waals surface area contributed by atoms with E-state index in [1.165, 1.54) is 12.8 Å². The van der Waals surface area contributed by atoms with Crippen LogP contribution < -0.4 is 5.32 Å². The Morgan fingerprint density at radius 3 is 2.72 bits per heavy atom. The summed E-state index contributed by atoms with van der Waals surface area (Å²) in [5, 5.41) is 3.41. The van der Waals surface area contributed by atoms with Crippen LogP contribution in [0.25, 0.3) is 0 Å². The van der Waals surface area contributed by atoms with Crippen LogP contribution in [0.15, 0.2) is 0 Å². The van der Waals surface area contributed by atoms with Crippen molar-refractivity contribution < 1.29 is 4.79 Å². The number of carbonyl (C=O) groups excluding carboxylic acids is 1. The largest absolute Gasteiger partial charge is 0.341 e. The highest BCUT2D eigenvalue weighted by atomic mass is 35.5. The van der Waals surface area contributed by atoms with Crippen molar-refractivity contribution in [1.29, 1.82) is 0 Å². The van der Waals surface area contributed by atoms with Gasteiger partial charge in [0, 0.05) is 38.8 Å². The quantitative estimate of drug-likeness (QED) is 0.816. The average molecular weight is 276 g/mol. The summed E-state index contributed by atoms with van der Waals surface area (Å²) in [5.74, 6) is 1.00. The predicted octanol–water partition coefficient (Wildman–Crippen LogP) is 0.960. The average Bonchev–Trinajstić information content (AvgIpc) is 2.29. The van der Waals surface area contributed by atoms with Crippen LogP contribution >= 0.6 is 12.4 Å². The van der Waals surface area contributed by atoms with Gasteiger partial charge in [0.15, 0.2) is 0 Å². The molecular formula is C13H26ClN3O. The first-order valence-corrected chi connectivity index (χ1v) is 6.88. The molecule has 4 nitrogen and oxygen atoms in total. The number of rotatable bonds is 2. The Bertz CT molecular complexity index is 275. The smallest absolute Gasteiger partial charge is 0.236 e. The molecule has 0 aromatic heterocycles. The summed E-state index contributed by atoms with van der Waals surface area (Å²) in [5.41, 5.74) is 0. The highest BCUT2D eigenvalue weighted by Crippen LogP contribution is 2.15. The number of piperidine rings is 1. The number of amides is 1. The third-order valence-electron chi connectivity index (χ3n) is 3.82. The van der Waals surface area contributed by atoms with Gasteiger partial charge in [-0.05, 0) is 25.7 Å². The van der Waals surface area contributed by atoms with Crippen LogP contribution in [0, 0.1) is 5.92 Å². The van der Waals surface area contributed by atoms with E-state index >= 15 is 0 Å². The van der Waals surface area contributed by atoms with Gasteiger partial charge >= 0.3 is 0 Å². The van der Waals surface area contributed by atoms with Gasteiger partial charge in [-0.25, -0.2) is 0 Å². The van der Waals surface area contributed by atoms with Gasteiger partial charge in [0.25, 0.3) is 0 Å². The Morgan fingerprint density at radius 2 is 2.06 bits per heavy atom. The predicted molar refractivity (Wildman–Crippen MR) is 76.1 cm³/mol. The van der Waals surface area contributed by atoms with E-state index in [0.29, 0.717) is 24.4 Å². The third-order valence-corrected chi connectivity index (χ3v) is 3.82. The third kappa shape index (κ3) is 4.41. The summed E-state index contributed by atoms with van der Waals surface area (Å²) in [6.07, 6.45) is 2.44. The number of likely N-dealkylation sites (tertiary alicyclic amines) is 1. The lowest BCUT2D eigenvalue weighted by Crippen LogP contribution is -2.53. The van der Waals surface area contributed by atoms with E-state index < -0.39 is 0 Å². The van der Waals surface area contributed by atoms with Crippen molar-refractivity contribution in [3.05, 3.63) is 0 Å². The van der Waals surface area contributed by atoms with Gasteiger partial charge in [0.1, 0.15) is 0 Å². The zero-order valence-electron chi connectivity index (χ0n) is 11.5. The summed E-state index contributed by atoms with van der Waals surface area (Å²) in [6, 6.07) is 0.511. The minimum Gasteiger partial charge on any atom is -0.341 e. The van der Waals surface area contributed by atoms with Crippen LogP contribution in [-0.2, 0) is 4.79 Å². The van der Waals surface area contributed by atoms with Crippen molar-refractivity contribution in [2.75, 3.05) is 39.3 Å². The molecule has 0 aromatic rings. The second kappa shape index (κ2) is 7.31. The van der Waals surface area contributed by atoms with Crippen LogP contribution in [0.2, 0.25) is 0 Å². The lowest BCUT2D eigenvalue weighted by molar-refractivity contribution is -0.134. The highest BCUT2D eigenvalue weighted by molar-refractivity contribution is 5.85. The maximum absolute atomic E-state index is 12.2. The molecule has 2 heterocycles. The molecule has 2 unspecified atom stereocenters. The first-order chi connectivity index (χ1) is 8.15. The fraction of sp³-hybridized carbons (Fsp3) is 0.923. The van der Waals surface area contributed by atoms with E-state index in [2.05, 4.69) is 29.0 Å².